The highest BCUT2D eigenvalue weighted by Gasteiger charge is 2.38. The monoisotopic (exact) mass is 308 g/mol. The summed E-state index contributed by atoms with van der Waals surface area (Å²) in [7, 11) is 0. The fraction of sp³-hybridized carbons (Fsp3) is 0.500. The Labute approximate surface area is 130 Å². The molecule has 0 bridgehead atoms. The second-order valence-corrected chi connectivity index (χ2v) is 6.84. The molecule has 0 spiro atoms. The lowest BCUT2D eigenvalue weighted by atomic mass is 9.94. The van der Waals surface area contributed by atoms with Crippen LogP contribution in [0.2, 0.25) is 5.02 Å². The minimum Gasteiger partial charge on any atom is -0.330 e. The largest absolute Gasteiger partial charge is 0.330 e. The standard InChI is InChI=1S/C16H21ClN2O2/c1-16(2,3)15(21)19-10-4-5-13(19)14(20)18-12-8-6-11(17)7-9-12/h6-9,13H,4-5,10H2,1-3H3,(H,18,20). The van der Waals surface area contributed by atoms with E-state index in [4.69, 9.17) is 11.6 Å². The van der Waals surface area contributed by atoms with E-state index in [1.807, 2.05) is 20.8 Å². The zero-order valence-electron chi connectivity index (χ0n) is 12.6. The van der Waals surface area contributed by atoms with E-state index >= 15 is 0 Å². The van der Waals surface area contributed by atoms with Gasteiger partial charge >= 0.3 is 0 Å². The maximum Gasteiger partial charge on any atom is 0.247 e. The number of amides is 2. The third-order valence-corrected chi connectivity index (χ3v) is 3.82. The van der Waals surface area contributed by atoms with Crippen molar-refractivity contribution in [2.45, 2.75) is 39.7 Å². The average Bonchev–Trinajstić information content (AvgIpc) is 2.88. The van der Waals surface area contributed by atoms with Crippen LogP contribution in [0.25, 0.3) is 0 Å². The van der Waals surface area contributed by atoms with Crippen LogP contribution in [-0.4, -0.2) is 29.3 Å². The van der Waals surface area contributed by atoms with Crippen LogP contribution in [0.1, 0.15) is 33.6 Å². The van der Waals surface area contributed by atoms with Gasteiger partial charge in [0.25, 0.3) is 0 Å². The molecule has 1 aromatic carbocycles. The Kier molecular flexibility index (Phi) is 4.57. The van der Waals surface area contributed by atoms with Gasteiger partial charge in [-0.2, -0.15) is 0 Å². The molecule has 4 nitrogen and oxygen atoms in total. The molecule has 1 N–H and O–H groups in total. The number of carbonyl (C=O) groups excluding carboxylic acids is 2. The fourth-order valence-corrected chi connectivity index (χ4v) is 2.60. The number of nitrogens with one attached hydrogen (secondary N) is 1. The third-order valence-electron chi connectivity index (χ3n) is 3.57. The first-order chi connectivity index (χ1) is 9.79. The normalized spacial score (nSPS) is 18.7. The SMILES string of the molecule is CC(C)(C)C(=O)N1CCCC1C(=O)Nc1ccc(Cl)cc1. The van der Waals surface area contributed by atoms with E-state index in [0.717, 1.165) is 6.42 Å². The van der Waals surface area contributed by atoms with Gasteiger partial charge in [0.2, 0.25) is 11.8 Å². The van der Waals surface area contributed by atoms with E-state index in [1.54, 1.807) is 29.2 Å². The third kappa shape index (κ3) is 3.76. The number of halogens is 1. The smallest absolute Gasteiger partial charge is 0.247 e. The first kappa shape index (κ1) is 15.8. The molecule has 114 valence electrons. The number of anilines is 1. The molecule has 0 radical (unpaired) electrons. The second-order valence-electron chi connectivity index (χ2n) is 6.40. The lowest BCUT2D eigenvalue weighted by molar-refractivity contribution is -0.143. The number of benzene rings is 1. The Balaban J connectivity index is 2.07. The average molecular weight is 309 g/mol. The number of nitrogens with zero attached hydrogens (tertiary/aromatic N) is 1. The molecule has 1 aliphatic rings. The second kappa shape index (κ2) is 6.06. The maximum absolute atomic E-state index is 12.4. The Morgan fingerprint density at radius 1 is 1.24 bits per heavy atom. The summed E-state index contributed by atoms with van der Waals surface area (Å²) in [6.45, 7) is 6.28. The molecule has 1 saturated heterocycles. The summed E-state index contributed by atoms with van der Waals surface area (Å²) in [4.78, 5) is 26.5. The van der Waals surface area contributed by atoms with Gasteiger partial charge in [-0.1, -0.05) is 32.4 Å². The summed E-state index contributed by atoms with van der Waals surface area (Å²) in [6, 6.07) is 6.58. The van der Waals surface area contributed by atoms with Gasteiger partial charge in [0.05, 0.1) is 0 Å². The molecular weight excluding hydrogens is 288 g/mol. The zero-order chi connectivity index (χ0) is 15.6. The quantitative estimate of drug-likeness (QED) is 0.911. The van der Waals surface area contributed by atoms with E-state index < -0.39 is 5.41 Å². The van der Waals surface area contributed by atoms with Gasteiger partial charge < -0.3 is 10.2 Å². The molecule has 21 heavy (non-hydrogen) atoms. The predicted octanol–water partition coefficient (Wildman–Crippen LogP) is 3.32. The van der Waals surface area contributed by atoms with Crippen LogP contribution in [0.3, 0.4) is 0 Å². The molecule has 1 unspecified atom stereocenters. The molecule has 0 aliphatic carbocycles. The van der Waals surface area contributed by atoms with Crippen molar-refractivity contribution in [3.05, 3.63) is 29.3 Å². The lowest BCUT2D eigenvalue weighted by Gasteiger charge is -2.30. The highest BCUT2D eigenvalue weighted by Crippen LogP contribution is 2.26. The molecule has 0 saturated carbocycles. The van der Waals surface area contributed by atoms with Crippen molar-refractivity contribution in [3.8, 4) is 0 Å². The fourth-order valence-electron chi connectivity index (χ4n) is 2.47. The Morgan fingerprint density at radius 3 is 2.43 bits per heavy atom. The summed E-state index contributed by atoms with van der Waals surface area (Å²) in [6.07, 6.45) is 1.57. The molecule has 0 aromatic heterocycles. The number of hydrogen-bond acceptors (Lipinski definition) is 2. The highest BCUT2D eigenvalue weighted by atomic mass is 35.5. The summed E-state index contributed by atoms with van der Waals surface area (Å²) in [5, 5.41) is 3.48. The lowest BCUT2D eigenvalue weighted by Crippen LogP contribution is -2.47. The molecule has 5 heteroatoms. The maximum atomic E-state index is 12.4. The molecule has 1 aliphatic heterocycles. The number of carbonyl (C=O) groups is 2. The van der Waals surface area contributed by atoms with E-state index in [9.17, 15) is 9.59 Å². The van der Waals surface area contributed by atoms with E-state index in [1.165, 1.54) is 0 Å². The Hall–Kier alpha value is -1.55. The molecule has 2 rings (SSSR count). The zero-order valence-corrected chi connectivity index (χ0v) is 13.4. The summed E-state index contributed by atoms with van der Waals surface area (Å²) in [5.41, 5.74) is 0.225. The molecule has 1 atom stereocenters. The Morgan fingerprint density at radius 2 is 1.86 bits per heavy atom. The van der Waals surface area contributed by atoms with Gasteiger partial charge in [-0.3, -0.25) is 9.59 Å². The minimum absolute atomic E-state index is 0.0243. The van der Waals surface area contributed by atoms with Gasteiger partial charge in [-0.05, 0) is 37.1 Å². The molecule has 1 aromatic rings. The topological polar surface area (TPSA) is 49.4 Å². The number of hydrogen-bond donors (Lipinski definition) is 1. The molecule has 2 amide bonds. The van der Waals surface area contributed by atoms with Crippen LogP contribution in [0, 0.1) is 5.41 Å². The van der Waals surface area contributed by atoms with Crippen molar-refractivity contribution in [2.75, 3.05) is 11.9 Å². The first-order valence-corrected chi connectivity index (χ1v) is 7.54. The molecular formula is C16H21ClN2O2. The van der Waals surface area contributed by atoms with Crippen LogP contribution in [-0.2, 0) is 9.59 Å². The predicted molar refractivity (Wildman–Crippen MR) is 84.3 cm³/mol. The van der Waals surface area contributed by atoms with Crippen molar-refractivity contribution in [3.63, 3.8) is 0 Å². The van der Waals surface area contributed by atoms with Gasteiger partial charge in [0.15, 0.2) is 0 Å². The van der Waals surface area contributed by atoms with Gasteiger partial charge in [-0.15, -0.1) is 0 Å². The van der Waals surface area contributed by atoms with Gasteiger partial charge in [0.1, 0.15) is 6.04 Å². The van der Waals surface area contributed by atoms with Crippen molar-refractivity contribution in [1.29, 1.82) is 0 Å². The van der Waals surface area contributed by atoms with Crippen LogP contribution in [0.15, 0.2) is 24.3 Å². The first-order valence-electron chi connectivity index (χ1n) is 7.16. The Bertz CT molecular complexity index is 534. The summed E-state index contributed by atoms with van der Waals surface area (Å²) < 4.78 is 0. The van der Waals surface area contributed by atoms with Crippen molar-refractivity contribution in [1.82, 2.24) is 4.90 Å². The van der Waals surface area contributed by atoms with Gasteiger partial charge in [0, 0.05) is 22.7 Å². The van der Waals surface area contributed by atoms with Crippen molar-refractivity contribution < 1.29 is 9.59 Å². The number of likely N-dealkylation sites (tertiary alicyclic amines) is 1. The van der Waals surface area contributed by atoms with E-state index in [0.29, 0.717) is 23.7 Å². The van der Waals surface area contributed by atoms with E-state index in [2.05, 4.69) is 5.32 Å². The van der Waals surface area contributed by atoms with Crippen LogP contribution < -0.4 is 5.32 Å². The summed E-state index contributed by atoms with van der Waals surface area (Å²) in [5.74, 6) is -0.108. The highest BCUT2D eigenvalue weighted by molar-refractivity contribution is 6.30. The van der Waals surface area contributed by atoms with Crippen LogP contribution in [0.4, 0.5) is 5.69 Å². The van der Waals surface area contributed by atoms with Crippen molar-refractivity contribution in [2.24, 2.45) is 5.41 Å². The number of rotatable bonds is 2. The van der Waals surface area contributed by atoms with Gasteiger partial charge in [-0.25, -0.2) is 0 Å². The molecule has 1 heterocycles. The molecule has 1 fully saturated rings. The van der Waals surface area contributed by atoms with E-state index in [-0.39, 0.29) is 17.9 Å². The van der Waals surface area contributed by atoms with Crippen LogP contribution >= 0.6 is 11.6 Å². The minimum atomic E-state index is -0.469. The van der Waals surface area contributed by atoms with Crippen molar-refractivity contribution >= 4 is 29.1 Å². The van der Waals surface area contributed by atoms with Crippen LogP contribution in [0.5, 0.6) is 0 Å². The summed E-state index contributed by atoms with van der Waals surface area (Å²) >= 11 is 5.82.